The summed E-state index contributed by atoms with van der Waals surface area (Å²) in [6.07, 6.45) is 2.34. The summed E-state index contributed by atoms with van der Waals surface area (Å²) >= 11 is 0. The number of aromatic nitrogens is 2. The Kier molecular flexibility index (Phi) is 3.47. The summed E-state index contributed by atoms with van der Waals surface area (Å²) in [7, 11) is 0. The molecule has 17 heavy (non-hydrogen) atoms. The van der Waals surface area contributed by atoms with Crippen molar-refractivity contribution in [1.29, 1.82) is 0 Å². The lowest BCUT2D eigenvalue weighted by molar-refractivity contribution is 0.642. The largest absolute Gasteiger partial charge is 0.382 e. The van der Waals surface area contributed by atoms with Crippen LogP contribution in [0.15, 0.2) is 30.3 Å². The summed E-state index contributed by atoms with van der Waals surface area (Å²) in [6, 6.07) is 10.5. The molecule has 3 N–H and O–H groups in total. The van der Waals surface area contributed by atoms with E-state index in [2.05, 4.69) is 48.3 Å². The van der Waals surface area contributed by atoms with Gasteiger partial charge < -0.3 is 5.73 Å². The average molecular weight is 229 g/mol. The topological polar surface area (TPSA) is 54.7 Å². The van der Waals surface area contributed by atoms with E-state index in [4.69, 9.17) is 5.73 Å². The Bertz CT molecular complexity index is 484. The highest BCUT2D eigenvalue weighted by atomic mass is 15.2. The van der Waals surface area contributed by atoms with Crippen LogP contribution in [0.25, 0.3) is 11.3 Å². The fourth-order valence-electron chi connectivity index (χ4n) is 2.21. The maximum Gasteiger partial charge on any atom is 0.145 e. The molecule has 0 radical (unpaired) electrons. The second-order valence-corrected chi connectivity index (χ2v) is 4.35. The highest BCUT2D eigenvalue weighted by molar-refractivity contribution is 5.62. The summed E-state index contributed by atoms with van der Waals surface area (Å²) in [6.45, 7) is 4.46. The molecule has 0 amide bonds. The van der Waals surface area contributed by atoms with Gasteiger partial charge >= 0.3 is 0 Å². The average Bonchev–Trinajstić information content (AvgIpc) is 2.78. The van der Waals surface area contributed by atoms with Crippen LogP contribution in [0, 0.1) is 0 Å². The van der Waals surface area contributed by atoms with Gasteiger partial charge in [-0.25, -0.2) is 0 Å². The molecule has 0 fully saturated rings. The Hall–Kier alpha value is -1.77. The van der Waals surface area contributed by atoms with E-state index in [1.54, 1.807) is 0 Å². The molecule has 0 unspecified atom stereocenters. The molecule has 1 aromatic heterocycles. The number of nitrogen functional groups attached to an aromatic ring is 1. The molecule has 0 saturated carbocycles. The Balaban J connectivity index is 2.34. The van der Waals surface area contributed by atoms with Crippen molar-refractivity contribution in [3.63, 3.8) is 0 Å². The van der Waals surface area contributed by atoms with E-state index in [-0.39, 0.29) is 0 Å². The zero-order chi connectivity index (χ0) is 12.3. The lowest BCUT2D eigenvalue weighted by Gasteiger charge is -2.13. The molecule has 90 valence electrons. The Labute approximate surface area is 102 Å². The number of hydrogen-bond donors (Lipinski definition) is 2. The number of aromatic amines is 1. The van der Waals surface area contributed by atoms with Gasteiger partial charge in [-0.3, -0.25) is 5.10 Å². The van der Waals surface area contributed by atoms with Gasteiger partial charge in [0, 0.05) is 6.07 Å². The van der Waals surface area contributed by atoms with Crippen LogP contribution in [0.2, 0.25) is 0 Å². The third kappa shape index (κ3) is 2.49. The van der Waals surface area contributed by atoms with Gasteiger partial charge in [-0.05, 0) is 36.0 Å². The predicted molar refractivity (Wildman–Crippen MR) is 71.8 cm³/mol. The van der Waals surface area contributed by atoms with Crippen LogP contribution in [-0.4, -0.2) is 10.2 Å². The summed E-state index contributed by atoms with van der Waals surface area (Å²) in [5, 5.41) is 6.91. The third-order valence-corrected chi connectivity index (χ3v) is 3.25. The molecule has 0 saturated heterocycles. The van der Waals surface area contributed by atoms with Crippen molar-refractivity contribution in [3.8, 4) is 11.3 Å². The summed E-state index contributed by atoms with van der Waals surface area (Å²) in [4.78, 5) is 0. The Morgan fingerprint density at radius 3 is 2.59 bits per heavy atom. The molecule has 1 aromatic carbocycles. The van der Waals surface area contributed by atoms with Crippen molar-refractivity contribution in [3.05, 3.63) is 35.9 Å². The van der Waals surface area contributed by atoms with E-state index >= 15 is 0 Å². The Morgan fingerprint density at radius 2 is 2.00 bits per heavy atom. The number of nitrogens with zero attached hydrogens (tertiary/aromatic N) is 1. The number of nitrogens with one attached hydrogen (secondary N) is 1. The van der Waals surface area contributed by atoms with Gasteiger partial charge in [0.15, 0.2) is 0 Å². The van der Waals surface area contributed by atoms with Gasteiger partial charge in [-0.2, -0.15) is 5.10 Å². The van der Waals surface area contributed by atoms with Crippen molar-refractivity contribution in [2.24, 2.45) is 0 Å². The van der Waals surface area contributed by atoms with E-state index in [0.717, 1.165) is 11.3 Å². The molecule has 0 spiro atoms. The Morgan fingerprint density at radius 1 is 1.24 bits per heavy atom. The second-order valence-electron chi connectivity index (χ2n) is 4.35. The zero-order valence-electron chi connectivity index (χ0n) is 10.4. The highest BCUT2D eigenvalue weighted by Gasteiger charge is 2.08. The van der Waals surface area contributed by atoms with Crippen molar-refractivity contribution in [2.75, 3.05) is 5.73 Å². The van der Waals surface area contributed by atoms with Crippen LogP contribution < -0.4 is 5.73 Å². The minimum absolute atomic E-state index is 0.535. The van der Waals surface area contributed by atoms with E-state index in [0.29, 0.717) is 11.7 Å². The normalized spacial score (nSPS) is 11.0. The second kappa shape index (κ2) is 5.04. The number of nitrogens with two attached hydrogens (primary N) is 1. The van der Waals surface area contributed by atoms with Gasteiger partial charge in [0.1, 0.15) is 5.82 Å². The van der Waals surface area contributed by atoms with Crippen LogP contribution in [0.1, 0.15) is 38.2 Å². The molecule has 0 atom stereocenters. The van der Waals surface area contributed by atoms with Crippen LogP contribution in [0.4, 0.5) is 5.82 Å². The number of hydrogen-bond acceptors (Lipinski definition) is 2. The number of benzene rings is 1. The fraction of sp³-hybridized carbons (Fsp3) is 0.357. The predicted octanol–water partition coefficient (Wildman–Crippen LogP) is 3.56. The SMILES string of the molecule is CCC(CC)c1cccc(-c2cc(N)n[nH]2)c1. The number of anilines is 1. The summed E-state index contributed by atoms with van der Waals surface area (Å²) < 4.78 is 0. The summed E-state index contributed by atoms with van der Waals surface area (Å²) in [5.74, 6) is 1.17. The van der Waals surface area contributed by atoms with Crippen molar-refractivity contribution >= 4 is 5.82 Å². The minimum Gasteiger partial charge on any atom is -0.382 e. The van der Waals surface area contributed by atoms with Gasteiger partial charge in [0.25, 0.3) is 0 Å². The van der Waals surface area contributed by atoms with E-state index < -0.39 is 0 Å². The first-order valence-electron chi connectivity index (χ1n) is 6.15. The molecular formula is C14H19N3. The molecule has 0 aliphatic heterocycles. The first-order chi connectivity index (χ1) is 8.24. The first kappa shape index (κ1) is 11.7. The number of rotatable bonds is 4. The van der Waals surface area contributed by atoms with E-state index in [9.17, 15) is 0 Å². The molecule has 2 aromatic rings. The number of H-pyrrole nitrogens is 1. The highest BCUT2D eigenvalue weighted by Crippen LogP contribution is 2.27. The standard InChI is InChI=1S/C14H19N3/c1-3-10(4-2)11-6-5-7-12(8-11)13-9-14(15)17-16-13/h5-10H,3-4H2,1-2H3,(H3,15,16,17). The zero-order valence-corrected chi connectivity index (χ0v) is 10.4. The van der Waals surface area contributed by atoms with Crippen molar-refractivity contribution in [1.82, 2.24) is 10.2 Å². The molecular weight excluding hydrogens is 210 g/mol. The summed E-state index contributed by atoms with van der Waals surface area (Å²) in [5.41, 5.74) is 9.15. The van der Waals surface area contributed by atoms with Crippen LogP contribution in [0.3, 0.4) is 0 Å². The molecule has 3 heteroatoms. The van der Waals surface area contributed by atoms with Crippen LogP contribution >= 0.6 is 0 Å². The van der Waals surface area contributed by atoms with Gasteiger partial charge in [-0.1, -0.05) is 32.0 Å². The fourth-order valence-corrected chi connectivity index (χ4v) is 2.21. The molecule has 0 bridgehead atoms. The minimum atomic E-state index is 0.535. The van der Waals surface area contributed by atoms with Crippen LogP contribution in [0.5, 0.6) is 0 Å². The van der Waals surface area contributed by atoms with Gasteiger partial charge in [0.05, 0.1) is 5.69 Å². The lowest BCUT2D eigenvalue weighted by Crippen LogP contribution is -1.95. The van der Waals surface area contributed by atoms with Gasteiger partial charge in [-0.15, -0.1) is 0 Å². The van der Waals surface area contributed by atoms with Crippen molar-refractivity contribution in [2.45, 2.75) is 32.6 Å². The molecule has 0 aliphatic rings. The maximum absolute atomic E-state index is 5.62. The monoisotopic (exact) mass is 229 g/mol. The third-order valence-electron chi connectivity index (χ3n) is 3.25. The molecule has 3 nitrogen and oxygen atoms in total. The van der Waals surface area contributed by atoms with Crippen LogP contribution in [-0.2, 0) is 0 Å². The van der Waals surface area contributed by atoms with E-state index in [1.807, 2.05) is 6.07 Å². The smallest absolute Gasteiger partial charge is 0.145 e. The van der Waals surface area contributed by atoms with Gasteiger partial charge in [0.2, 0.25) is 0 Å². The quantitative estimate of drug-likeness (QED) is 0.842. The molecule has 0 aliphatic carbocycles. The maximum atomic E-state index is 5.62. The van der Waals surface area contributed by atoms with E-state index in [1.165, 1.54) is 18.4 Å². The molecule has 1 heterocycles. The molecule has 2 rings (SSSR count). The first-order valence-corrected chi connectivity index (χ1v) is 6.15. The van der Waals surface area contributed by atoms with Crippen molar-refractivity contribution < 1.29 is 0 Å². The lowest BCUT2D eigenvalue weighted by atomic mass is 9.92.